The van der Waals surface area contributed by atoms with Crippen molar-refractivity contribution in [2.45, 2.75) is 77.7 Å². The number of amides is 2. The molecule has 2 amide bonds. The molecule has 34 heavy (non-hydrogen) atoms. The van der Waals surface area contributed by atoms with Crippen molar-refractivity contribution in [3.63, 3.8) is 0 Å². The van der Waals surface area contributed by atoms with Crippen LogP contribution in [-0.4, -0.2) is 53.5 Å². The highest BCUT2D eigenvalue weighted by Gasteiger charge is 2.34. The summed E-state index contributed by atoms with van der Waals surface area (Å²) in [7, 11) is 0. The van der Waals surface area contributed by atoms with Gasteiger partial charge >= 0.3 is 5.97 Å². The Morgan fingerprint density at radius 2 is 1.85 bits per heavy atom. The van der Waals surface area contributed by atoms with Crippen molar-refractivity contribution in [3.8, 4) is 0 Å². The van der Waals surface area contributed by atoms with Crippen molar-refractivity contribution in [1.82, 2.24) is 15.5 Å². The molecule has 9 heteroatoms. The van der Waals surface area contributed by atoms with Gasteiger partial charge in [-0.05, 0) is 65.8 Å². The number of aryl methyl sites for hydroxylation is 1. The lowest BCUT2D eigenvalue weighted by Crippen LogP contribution is -2.60. The summed E-state index contributed by atoms with van der Waals surface area (Å²) >= 11 is 7.60. The fraction of sp³-hybridized carbons (Fsp3) is 0.600. The lowest BCUT2D eigenvalue weighted by Gasteiger charge is -2.36. The van der Waals surface area contributed by atoms with Gasteiger partial charge in [0.15, 0.2) is 5.11 Å². The molecule has 0 radical (unpaired) electrons. The van der Waals surface area contributed by atoms with E-state index in [0.29, 0.717) is 25.3 Å². The van der Waals surface area contributed by atoms with Gasteiger partial charge in [0.2, 0.25) is 5.91 Å². The van der Waals surface area contributed by atoms with E-state index < -0.39 is 12.0 Å². The minimum atomic E-state index is -0.800. The molecule has 1 aromatic rings. The third-order valence-electron chi connectivity index (χ3n) is 5.87. The predicted molar refractivity (Wildman–Crippen MR) is 146 cm³/mol. The zero-order valence-corrected chi connectivity index (χ0v) is 23.1. The number of unbranched alkanes of at least 4 members (excludes halogenated alkanes) is 7. The first kappa shape index (κ1) is 28.5. The molecule has 2 rings (SSSR count). The van der Waals surface area contributed by atoms with Gasteiger partial charge in [-0.3, -0.25) is 19.7 Å². The van der Waals surface area contributed by atoms with Crippen molar-refractivity contribution in [2.75, 3.05) is 19.7 Å². The van der Waals surface area contributed by atoms with Crippen LogP contribution in [0, 0.1) is 10.5 Å². The molecule has 0 bridgehead atoms. The Kier molecular flexibility index (Phi) is 12.8. The van der Waals surface area contributed by atoms with E-state index in [9.17, 15) is 14.4 Å². The average Bonchev–Trinajstić information content (AvgIpc) is 2.81. The molecule has 0 aromatic heterocycles. The molecule has 1 heterocycles. The number of carbonyl (C=O) groups excluding carboxylic acids is 3. The second-order valence-electron chi connectivity index (χ2n) is 8.62. The molecule has 188 valence electrons. The van der Waals surface area contributed by atoms with Crippen LogP contribution >= 0.6 is 34.8 Å². The first-order chi connectivity index (χ1) is 16.3. The normalized spacial score (nSPS) is 15.6. The number of esters is 1. The topological polar surface area (TPSA) is 87.7 Å². The minimum Gasteiger partial charge on any atom is -0.466 e. The summed E-state index contributed by atoms with van der Waals surface area (Å²) in [5, 5.41) is 5.60. The molecule has 1 aliphatic heterocycles. The van der Waals surface area contributed by atoms with Crippen LogP contribution in [0.1, 0.15) is 80.6 Å². The highest BCUT2D eigenvalue weighted by atomic mass is 127. The third-order valence-corrected chi connectivity index (χ3v) is 7.37. The van der Waals surface area contributed by atoms with Crippen LogP contribution in [0.15, 0.2) is 18.2 Å². The summed E-state index contributed by atoms with van der Waals surface area (Å²) in [6.45, 7) is 5.33. The Hall–Kier alpha value is -1.75. The Morgan fingerprint density at radius 3 is 2.53 bits per heavy atom. The molecule has 1 aromatic carbocycles. The number of nitrogens with zero attached hydrogens (tertiary/aromatic N) is 1. The van der Waals surface area contributed by atoms with Crippen LogP contribution in [0.3, 0.4) is 0 Å². The maximum Gasteiger partial charge on any atom is 0.308 e. The van der Waals surface area contributed by atoms with Gasteiger partial charge in [0.05, 0.1) is 13.0 Å². The van der Waals surface area contributed by atoms with Gasteiger partial charge in [-0.2, -0.15) is 0 Å². The fourth-order valence-electron chi connectivity index (χ4n) is 3.77. The Labute approximate surface area is 221 Å². The number of ether oxygens (including phenoxy) is 1. The van der Waals surface area contributed by atoms with E-state index in [-0.39, 0.29) is 23.3 Å². The van der Waals surface area contributed by atoms with Crippen LogP contribution in [0.25, 0.3) is 0 Å². The molecule has 7 nitrogen and oxygen atoms in total. The Morgan fingerprint density at radius 1 is 1.18 bits per heavy atom. The molecule has 2 N–H and O–H groups in total. The number of hydrogen-bond acceptors (Lipinski definition) is 5. The quantitative estimate of drug-likeness (QED) is 0.159. The van der Waals surface area contributed by atoms with Gasteiger partial charge in [-0.15, -0.1) is 0 Å². The number of rotatable bonds is 12. The zero-order valence-electron chi connectivity index (χ0n) is 20.2. The number of benzene rings is 1. The predicted octanol–water partition coefficient (Wildman–Crippen LogP) is 4.49. The van der Waals surface area contributed by atoms with Crippen LogP contribution in [0.4, 0.5) is 0 Å². The molecule has 0 saturated carbocycles. The highest BCUT2D eigenvalue weighted by Crippen LogP contribution is 2.15. The molecule has 0 spiro atoms. The fourth-order valence-corrected chi connectivity index (χ4v) is 4.60. The van der Waals surface area contributed by atoms with E-state index >= 15 is 0 Å². The molecule has 1 aliphatic rings. The van der Waals surface area contributed by atoms with Crippen LogP contribution in [0.5, 0.6) is 0 Å². The van der Waals surface area contributed by atoms with Crippen LogP contribution in [-0.2, 0) is 14.3 Å². The van der Waals surface area contributed by atoms with E-state index in [1.807, 2.05) is 13.0 Å². The number of piperazine rings is 1. The summed E-state index contributed by atoms with van der Waals surface area (Å²) in [4.78, 5) is 39.1. The molecule has 1 unspecified atom stereocenters. The number of carbonyl (C=O) groups is 3. The summed E-state index contributed by atoms with van der Waals surface area (Å²) in [5.74, 6) is -1.07. The van der Waals surface area contributed by atoms with E-state index in [2.05, 4.69) is 40.1 Å². The molecular formula is C25H36IN3O4S. The van der Waals surface area contributed by atoms with Gasteiger partial charge in [0.1, 0.15) is 6.04 Å². The number of thiocarbonyl (C=S) groups is 1. The first-order valence-corrected chi connectivity index (χ1v) is 13.6. The van der Waals surface area contributed by atoms with Crippen molar-refractivity contribution in [3.05, 3.63) is 32.9 Å². The molecule has 1 saturated heterocycles. The smallest absolute Gasteiger partial charge is 0.308 e. The minimum absolute atomic E-state index is 0.110. The van der Waals surface area contributed by atoms with Crippen molar-refractivity contribution in [2.24, 2.45) is 0 Å². The van der Waals surface area contributed by atoms with E-state index in [1.165, 1.54) is 32.1 Å². The number of halogens is 1. The molecular weight excluding hydrogens is 565 g/mol. The van der Waals surface area contributed by atoms with Crippen LogP contribution in [0.2, 0.25) is 0 Å². The lowest BCUT2D eigenvalue weighted by atomic mass is 10.1. The summed E-state index contributed by atoms with van der Waals surface area (Å²) in [6, 6.07) is 4.60. The van der Waals surface area contributed by atoms with Crippen LogP contribution < -0.4 is 10.6 Å². The molecule has 1 fully saturated rings. The van der Waals surface area contributed by atoms with E-state index in [4.69, 9.17) is 17.0 Å². The number of nitrogens with one attached hydrogen (secondary N) is 2. The summed E-state index contributed by atoms with van der Waals surface area (Å²) in [5.41, 5.74) is 1.57. The first-order valence-electron chi connectivity index (χ1n) is 12.1. The van der Waals surface area contributed by atoms with Gasteiger partial charge in [-0.25, -0.2) is 0 Å². The van der Waals surface area contributed by atoms with E-state index in [1.54, 1.807) is 17.0 Å². The second kappa shape index (κ2) is 15.3. The van der Waals surface area contributed by atoms with Crippen molar-refractivity contribution >= 4 is 57.7 Å². The standard InChI is InChI=1S/C25H36IN3O4S/c1-3-4-5-6-7-8-9-10-15-33-22(30)17-21-24(32)27-13-14-29(21)25(34)28-23(31)19-12-11-18(2)20(26)16-19/h11-12,16,21H,3-10,13-15,17H2,1-2H3,(H,27,32)(H,28,31,34). The Bertz CT molecular complexity index is 865. The largest absolute Gasteiger partial charge is 0.466 e. The van der Waals surface area contributed by atoms with Gasteiger partial charge < -0.3 is 15.0 Å². The van der Waals surface area contributed by atoms with Gasteiger partial charge in [0, 0.05) is 22.2 Å². The monoisotopic (exact) mass is 601 g/mol. The van der Waals surface area contributed by atoms with E-state index in [0.717, 1.165) is 28.4 Å². The number of hydrogen-bond donors (Lipinski definition) is 2. The lowest BCUT2D eigenvalue weighted by molar-refractivity contribution is -0.147. The Balaban J connectivity index is 1.80. The van der Waals surface area contributed by atoms with Gasteiger partial charge in [-0.1, -0.05) is 57.9 Å². The maximum absolute atomic E-state index is 12.7. The SMILES string of the molecule is CCCCCCCCCCOC(=O)CC1C(=O)NCCN1C(=S)NC(=O)c1ccc(C)c(I)c1. The molecule has 0 aliphatic carbocycles. The average molecular weight is 602 g/mol. The summed E-state index contributed by atoms with van der Waals surface area (Å²) in [6.07, 6.45) is 9.20. The second-order valence-corrected chi connectivity index (χ2v) is 10.2. The maximum atomic E-state index is 12.7. The van der Waals surface area contributed by atoms with Crippen molar-refractivity contribution in [1.29, 1.82) is 0 Å². The van der Waals surface area contributed by atoms with Crippen molar-refractivity contribution < 1.29 is 19.1 Å². The highest BCUT2D eigenvalue weighted by molar-refractivity contribution is 14.1. The molecule has 1 atom stereocenters. The zero-order chi connectivity index (χ0) is 24.9. The van der Waals surface area contributed by atoms with Gasteiger partial charge in [0.25, 0.3) is 5.91 Å². The third kappa shape index (κ3) is 9.48. The summed E-state index contributed by atoms with van der Waals surface area (Å²) < 4.78 is 6.34.